The lowest BCUT2D eigenvalue weighted by molar-refractivity contribution is -0.380. The first-order valence-electron chi connectivity index (χ1n) is 6.40. The van der Waals surface area contributed by atoms with Crippen LogP contribution in [0.1, 0.15) is 33.8 Å². The van der Waals surface area contributed by atoms with E-state index in [4.69, 9.17) is 0 Å². The molecule has 1 unspecified atom stereocenters. The van der Waals surface area contributed by atoms with Crippen LogP contribution in [-0.2, 0) is 6.18 Å². The van der Waals surface area contributed by atoms with Crippen molar-refractivity contribution < 1.29 is 22.9 Å². The largest absolute Gasteiger partial charge is 0.416 e. The average molecular weight is 344 g/mol. The third-order valence-corrected chi connectivity index (χ3v) is 4.09. The standard InChI is InChI=1S/C14H11F3N2O3S/c1-8(9-3-2-4-10(7-9)14(15,16)17)18-13(20)11-5-6-12(23-11)19(21)22/h2-8H,1H3,(H,18,20). The average Bonchev–Trinajstić information content (AvgIpc) is 2.96. The van der Waals surface area contributed by atoms with Crippen LogP contribution in [-0.4, -0.2) is 10.8 Å². The van der Waals surface area contributed by atoms with Gasteiger partial charge in [0.1, 0.15) is 0 Å². The maximum Gasteiger partial charge on any atom is 0.416 e. The molecule has 0 aliphatic heterocycles. The molecular formula is C14H11F3N2O3S. The summed E-state index contributed by atoms with van der Waals surface area (Å²) < 4.78 is 38.1. The van der Waals surface area contributed by atoms with E-state index < -0.39 is 28.6 Å². The number of nitrogens with one attached hydrogen (secondary N) is 1. The molecule has 0 aliphatic carbocycles. The fourth-order valence-corrected chi connectivity index (χ4v) is 2.61. The first-order valence-corrected chi connectivity index (χ1v) is 7.22. The third kappa shape index (κ3) is 4.07. The molecule has 2 aromatic rings. The highest BCUT2D eigenvalue weighted by Crippen LogP contribution is 2.31. The zero-order chi connectivity index (χ0) is 17.2. The number of nitrogens with zero attached hydrogens (tertiary/aromatic N) is 1. The summed E-state index contributed by atoms with van der Waals surface area (Å²) in [5.41, 5.74) is -0.512. The van der Waals surface area contributed by atoms with Gasteiger partial charge in [-0.05, 0) is 30.7 Å². The van der Waals surface area contributed by atoms with Gasteiger partial charge in [-0.25, -0.2) is 0 Å². The Morgan fingerprint density at radius 2 is 2.00 bits per heavy atom. The van der Waals surface area contributed by atoms with Crippen molar-refractivity contribution in [3.05, 3.63) is 62.5 Å². The number of hydrogen-bond acceptors (Lipinski definition) is 4. The molecule has 1 amide bonds. The van der Waals surface area contributed by atoms with Gasteiger partial charge in [0.2, 0.25) is 0 Å². The molecule has 1 aromatic carbocycles. The monoisotopic (exact) mass is 344 g/mol. The van der Waals surface area contributed by atoms with Gasteiger partial charge in [0.15, 0.2) is 0 Å². The number of benzene rings is 1. The topological polar surface area (TPSA) is 72.2 Å². The fourth-order valence-electron chi connectivity index (χ4n) is 1.88. The molecule has 122 valence electrons. The van der Waals surface area contributed by atoms with Crippen molar-refractivity contribution >= 4 is 22.2 Å². The predicted octanol–water partition coefficient (Wildman–Crippen LogP) is 4.17. The highest BCUT2D eigenvalue weighted by molar-refractivity contribution is 7.17. The van der Waals surface area contributed by atoms with Gasteiger partial charge in [0.25, 0.3) is 5.91 Å². The number of carbonyl (C=O) groups is 1. The van der Waals surface area contributed by atoms with E-state index in [0.29, 0.717) is 16.9 Å². The second-order valence-corrected chi connectivity index (χ2v) is 5.78. The van der Waals surface area contributed by atoms with Gasteiger partial charge in [-0.3, -0.25) is 14.9 Å². The Kier molecular flexibility index (Phi) is 4.69. The van der Waals surface area contributed by atoms with E-state index in [9.17, 15) is 28.1 Å². The van der Waals surface area contributed by atoms with E-state index >= 15 is 0 Å². The lowest BCUT2D eigenvalue weighted by atomic mass is 10.0. The molecule has 5 nitrogen and oxygen atoms in total. The number of carbonyl (C=O) groups excluding carboxylic acids is 1. The summed E-state index contributed by atoms with van der Waals surface area (Å²) in [7, 11) is 0. The van der Waals surface area contributed by atoms with Gasteiger partial charge in [0.05, 0.1) is 21.4 Å². The van der Waals surface area contributed by atoms with E-state index in [1.807, 2.05) is 0 Å². The van der Waals surface area contributed by atoms with E-state index in [-0.39, 0.29) is 9.88 Å². The molecule has 1 heterocycles. The highest BCUT2D eigenvalue weighted by Gasteiger charge is 2.30. The fraction of sp³-hybridized carbons (Fsp3) is 0.214. The van der Waals surface area contributed by atoms with Crippen molar-refractivity contribution in [1.82, 2.24) is 5.32 Å². The SMILES string of the molecule is CC(NC(=O)c1ccc([N+](=O)[O-])s1)c1cccc(C(F)(F)F)c1. The molecule has 2 rings (SSSR count). The molecule has 0 spiro atoms. The van der Waals surface area contributed by atoms with Gasteiger partial charge in [-0.2, -0.15) is 13.2 Å². The number of thiophene rings is 1. The summed E-state index contributed by atoms with van der Waals surface area (Å²) in [5.74, 6) is -0.576. The lowest BCUT2D eigenvalue weighted by Crippen LogP contribution is -2.26. The van der Waals surface area contributed by atoms with Gasteiger partial charge in [-0.15, -0.1) is 0 Å². The summed E-state index contributed by atoms with van der Waals surface area (Å²) >= 11 is 0.703. The van der Waals surface area contributed by atoms with Crippen LogP contribution in [0.5, 0.6) is 0 Å². The van der Waals surface area contributed by atoms with Crippen molar-refractivity contribution in [3.8, 4) is 0 Å². The summed E-state index contributed by atoms with van der Waals surface area (Å²) in [6, 6.07) is 6.47. The Balaban J connectivity index is 2.13. The lowest BCUT2D eigenvalue weighted by Gasteiger charge is -2.15. The van der Waals surface area contributed by atoms with Crippen LogP contribution in [0.2, 0.25) is 0 Å². The maximum absolute atomic E-state index is 12.7. The van der Waals surface area contributed by atoms with E-state index in [1.54, 1.807) is 0 Å². The second-order valence-electron chi connectivity index (χ2n) is 4.71. The minimum Gasteiger partial charge on any atom is -0.345 e. The summed E-state index contributed by atoms with van der Waals surface area (Å²) in [5, 5.41) is 12.9. The van der Waals surface area contributed by atoms with Crippen LogP contribution in [0.25, 0.3) is 0 Å². The molecule has 23 heavy (non-hydrogen) atoms. The Labute approximate surface area is 132 Å². The molecule has 0 aliphatic rings. The molecule has 9 heteroatoms. The normalized spacial score (nSPS) is 12.7. The zero-order valence-electron chi connectivity index (χ0n) is 11.8. The number of amides is 1. The Hall–Kier alpha value is -2.42. The summed E-state index contributed by atoms with van der Waals surface area (Å²) in [4.78, 5) is 22.1. The van der Waals surface area contributed by atoms with Crippen molar-refractivity contribution in [2.45, 2.75) is 19.1 Å². The molecule has 1 N–H and O–H groups in total. The predicted molar refractivity (Wildman–Crippen MR) is 78.3 cm³/mol. The molecule has 0 fully saturated rings. The summed E-state index contributed by atoms with van der Waals surface area (Å²) in [6.45, 7) is 1.54. The molecule has 0 saturated carbocycles. The minimum atomic E-state index is -4.46. The molecule has 0 saturated heterocycles. The zero-order valence-corrected chi connectivity index (χ0v) is 12.6. The smallest absolute Gasteiger partial charge is 0.345 e. The van der Waals surface area contributed by atoms with Gasteiger partial charge in [0, 0.05) is 6.07 Å². The molecule has 0 radical (unpaired) electrons. The van der Waals surface area contributed by atoms with E-state index in [0.717, 1.165) is 12.1 Å². The van der Waals surface area contributed by atoms with Crippen LogP contribution in [0, 0.1) is 10.1 Å². The molecular weight excluding hydrogens is 333 g/mol. The van der Waals surface area contributed by atoms with E-state index in [2.05, 4.69) is 5.32 Å². The van der Waals surface area contributed by atoms with Crippen LogP contribution in [0.3, 0.4) is 0 Å². The van der Waals surface area contributed by atoms with Crippen LogP contribution in [0.15, 0.2) is 36.4 Å². The van der Waals surface area contributed by atoms with E-state index in [1.165, 1.54) is 31.2 Å². The maximum atomic E-state index is 12.7. The van der Waals surface area contributed by atoms with Crippen molar-refractivity contribution in [1.29, 1.82) is 0 Å². The number of halogens is 3. The Bertz CT molecular complexity index is 743. The Morgan fingerprint density at radius 1 is 1.30 bits per heavy atom. The highest BCUT2D eigenvalue weighted by atomic mass is 32.1. The number of nitro groups is 1. The van der Waals surface area contributed by atoms with Crippen LogP contribution < -0.4 is 5.32 Å². The first kappa shape index (κ1) is 16.9. The minimum absolute atomic E-state index is 0.121. The number of alkyl halides is 3. The number of hydrogen-bond donors (Lipinski definition) is 1. The van der Waals surface area contributed by atoms with Crippen molar-refractivity contribution in [2.24, 2.45) is 0 Å². The van der Waals surface area contributed by atoms with Gasteiger partial charge in [-0.1, -0.05) is 23.5 Å². The Morgan fingerprint density at radius 3 is 2.57 bits per heavy atom. The van der Waals surface area contributed by atoms with Crippen molar-refractivity contribution in [3.63, 3.8) is 0 Å². The molecule has 1 atom stereocenters. The molecule has 0 bridgehead atoms. The third-order valence-electron chi connectivity index (χ3n) is 3.06. The summed E-state index contributed by atoms with van der Waals surface area (Å²) in [6.07, 6.45) is -4.46. The molecule has 1 aromatic heterocycles. The quantitative estimate of drug-likeness (QED) is 0.668. The van der Waals surface area contributed by atoms with Gasteiger partial charge >= 0.3 is 11.2 Å². The first-order chi connectivity index (χ1) is 10.7. The van der Waals surface area contributed by atoms with Gasteiger partial charge < -0.3 is 5.32 Å². The van der Waals surface area contributed by atoms with Crippen LogP contribution in [0.4, 0.5) is 18.2 Å². The van der Waals surface area contributed by atoms with Crippen LogP contribution >= 0.6 is 11.3 Å². The number of rotatable bonds is 4. The second kappa shape index (κ2) is 6.37. The van der Waals surface area contributed by atoms with Crippen molar-refractivity contribution in [2.75, 3.05) is 0 Å².